The summed E-state index contributed by atoms with van der Waals surface area (Å²) in [6, 6.07) is 14.6. The molecule has 1 amide bonds. The van der Waals surface area contributed by atoms with Gasteiger partial charge in [-0.25, -0.2) is 0 Å². The SMILES string of the molecule is CCN(CC(=O)N1CCN(c2cccc(C)c2)CC1)Cc1ccc2c(c1)OCO2. The molecular formula is C23H29N3O3. The first-order valence-electron chi connectivity index (χ1n) is 10.3. The molecule has 29 heavy (non-hydrogen) atoms. The van der Waals surface area contributed by atoms with E-state index < -0.39 is 0 Å². The van der Waals surface area contributed by atoms with Crippen molar-refractivity contribution in [3.8, 4) is 11.5 Å². The number of hydrogen-bond acceptors (Lipinski definition) is 5. The second-order valence-electron chi connectivity index (χ2n) is 7.70. The molecule has 6 nitrogen and oxygen atoms in total. The predicted molar refractivity (Wildman–Crippen MR) is 113 cm³/mol. The van der Waals surface area contributed by atoms with Gasteiger partial charge in [0.05, 0.1) is 6.54 Å². The molecule has 0 saturated carbocycles. The number of nitrogens with zero attached hydrogens (tertiary/aromatic N) is 3. The summed E-state index contributed by atoms with van der Waals surface area (Å²) in [5.41, 5.74) is 3.64. The van der Waals surface area contributed by atoms with Gasteiger partial charge in [0.25, 0.3) is 0 Å². The number of benzene rings is 2. The standard InChI is InChI=1S/C23H29N3O3/c1-3-24(15-19-7-8-21-22(14-19)29-17-28-21)16-23(27)26-11-9-25(10-12-26)20-6-4-5-18(2)13-20/h4-8,13-14H,3,9-12,15-17H2,1-2H3. The number of carbonyl (C=O) groups is 1. The molecule has 1 saturated heterocycles. The second kappa shape index (κ2) is 8.74. The largest absolute Gasteiger partial charge is 0.454 e. The fraction of sp³-hybridized carbons (Fsp3) is 0.435. The van der Waals surface area contributed by atoms with E-state index in [1.54, 1.807) is 0 Å². The highest BCUT2D eigenvalue weighted by Crippen LogP contribution is 2.32. The zero-order valence-electron chi connectivity index (χ0n) is 17.3. The lowest BCUT2D eigenvalue weighted by molar-refractivity contribution is -0.132. The van der Waals surface area contributed by atoms with Crippen LogP contribution in [0.2, 0.25) is 0 Å². The third-order valence-corrected chi connectivity index (χ3v) is 5.65. The van der Waals surface area contributed by atoms with Crippen molar-refractivity contribution in [1.29, 1.82) is 0 Å². The van der Waals surface area contributed by atoms with Gasteiger partial charge in [0.2, 0.25) is 12.7 Å². The maximum atomic E-state index is 12.9. The van der Waals surface area contributed by atoms with E-state index in [4.69, 9.17) is 9.47 Å². The van der Waals surface area contributed by atoms with Gasteiger partial charge in [0.1, 0.15) is 0 Å². The van der Waals surface area contributed by atoms with Crippen LogP contribution in [-0.4, -0.2) is 61.8 Å². The molecule has 0 spiro atoms. The molecule has 2 heterocycles. The Hall–Kier alpha value is -2.73. The van der Waals surface area contributed by atoms with E-state index >= 15 is 0 Å². The second-order valence-corrected chi connectivity index (χ2v) is 7.70. The maximum absolute atomic E-state index is 12.9. The molecule has 6 heteroatoms. The summed E-state index contributed by atoms with van der Waals surface area (Å²) < 4.78 is 10.8. The molecule has 0 aromatic heterocycles. The fourth-order valence-corrected chi connectivity index (χ4v) is 3.91. The Labute approximate surface area is 172 Å². The lowest BCUT2D eigenvalue weighted by atomic mass is 10.2. The molecule has 0 radical (unpaired) electrons. The molecule has 0 atom stereocenters. The Kier molecular flexibility index (Phi) is 5.90. The van der Waals surface area contributed by atoms with Crippen molar-refractivity contribution in [2.24, 2.45) is 0 Å². The van der Waals surface area contributed by atoms with Gasteiger partial charge in [-0.1, -0.05) is 25.1 Å². The molecule has 2 aliphatic rings. The van der Waals surface area contributed by atoms with Gasteiger partial charge in [-0.3, -0.25) is 9.69 Å². The number of fused-ring (bicyclic) bond motifs is 1. The summed E-state index contributed by atoms with van der Waals surface area (Å²) in [7, 11) is 0. The van der Waals surface area contributed by atoms with Crippen molar-refractivity contribution in [3.05, 3.63) is 53.6 Å². The van der Waals surface area contributed by atoms with Gasteiger partial charge in [-0.05, 0) is 48.9 Å². The van der Waals surface area contributed by atoms with Crippen molar-refractivity contribution in [3.63, 3.8) is 0 Å². The maximum Gasteiger partial charge on any atom is 0.236 e. The number of rotatable bonds is 6. The van der Waals surface area contributed by atoms with Gasteiger partial charge in [0.15, 0.2) is 11.5 Å². The highest BCUT2D eigenvalue weighted by molar-refractivity contribution is 5.78. The molecule has 2 aromatic rings. The first kappa shape index (κ1) is 19.6. The summed E-state index contributed by atoms with van der Waals surface area (Å²) in [5.74, 6) is 1.79. The quantitative estimate of drug-likeness (QED) is 0.753. The Morgan fingerprint density at radius 3 is 2.59 bits per heavy atom. The zero-order valence-corrected chi connectivity index (χ0v) is 17.3. The van der Waals surface area contributed by atoms with E-state index in [1.807, 2.05) is 23.1 Å². The number of piperazine rings is 1. The minimum absolute atomic E-state index is 0.205. The highest BCUT2D eigenvalue weighted by Gasteiger charge is 2.23. The van der Waals surface area contributed by atoms with Crippen LogP contribution in [0.1, 0.15) is 18.1 Å². The van der Waals surface area contributed by atoms with E-state index in [1.165, 1.54) is 11.3 Å². The van der Waals surface area contributed by atoms with Crippen LogP contribution < -0.4 is 14.4 Å². The summed E-state index contributed by atoms with van der Waals surface area (Å²) >= 11 is 0. The van der Waals surface area contributed by atoms with Crippen LogP contribution in [0.15, 0.2) is 42.5 Å². The number of hydrogen-bond donors (Lipinski definition) is 0. The molecule has 0 unspecified atom stereocenters. The summed E-state index contributed by atoms with van der Waals surface area (Å²) in [4.78, 5) is 19.4. The van der Waals surface area contributed by atoms with E-state index in [0.717, 1.165) is 56.3 Å². The minimum atomic E-state index is 0.205. The Morgan fingerprint density at radius 2 is 1.83 bits per heavy atom. The van der Waals surface area contributed by atoms with E-state index in [2.05, 4.69) is 47.9 Å². The van der Waals surface area contributed by atoms with Crippen LogP contribution in [0.5, 0.6) is 11.5 Å². The van der Waals surface area contributed by atoms with Crippen molar-refractivity contribution < 1.29 is 14.3 Å². The Morgan fingerprint density at radius 1 is 1.03 bits per heavy atom. The third kappa shape index (κ3) is 4.65. The van der Waals surface area contributed by atoms with E-state index in [9.17, 15) is 4.79 Å². The third-order valence-electron chi connectivity index (χ3n) is 5.65. The average Bonchev–Trinajstić information content (AvgIpc) is 3.21. The van der Waals surface area contributed by atoms with Gasteiger partial charge >= 0.3 is 0 Å². The van der Waals surface area contributed by atoms with Crippen molar-refractivity contribution >= 4 is 11.6 Å². The van der Waals surface area contributed by atoms with Crippen LogP contribution in [-0.2, 0) is 11.3 Å². The molecule has 4 rings (SSSR count). The van der Waals surface area contributed by atoms with Crippen molar-refractivity contribution in [2.45, 2.75) is 20.4 Å². The van der Waals surface area contributed by atoms with Crippen LogP contribution in [0.25, 0.3) is 0 Å². The molecule has 0 bridgehead atoms. The van der Waals surface area contributed by atoms with Crippen molar-refractivity contribution in [2.75, 3.05) is 51.0 Å². The van der Waals surface area contributed by atoms with Gasteiger partial charge < -0.3 is 19.3 Å². The van der Waals surface area contributed by atoms with E-state index in [0.29, 0.717) is 6.54 Å². The lowest BCUT2D eigenvalue weighted by Gasteiger charge is -2.37. The number of aryl methyl sites for hydroxylation is 1. The number of anilines is 1. The van der Waals surface area contributed by atoms with Crippen LogP contribution in [0, 0.1) is 6.92 Å². The Bertz CT molecular complexity index is 862. The van der Waals surface area contributed by atoms with Crippen LogP contribution in [0.4, 0.5) is 5.69 Å². The van der Waals surface area contributed by atoms with Gasteiger partial charge in [-0.2, -0.15) is 0 Å². The molecule has 154 valence electrons. The molecule has 2 aromatic carbocycles. The molecule has 0 N–H and O–H groups in total. The molecule has 2 aliphatic heterocycles. The summed E-state index contributed by atoms with van der Waals surface area (Å²) in [6.07, 6.45) is 0. The number of ether oxygens (including phenoxy) is 2. The first-order valence-corrected chi connectivity index (χ1v) is 10.3. The molecule has 1 fully saturated rings. The van der Waals surface area contributed by atoms with Crippen molar-refractivity contribution in [1.82, 2.24) is 9.80 Å². The number of likely N-dealkylation sites (N-methyl/N-ethyl adjacent to an activating group) is 1. The molecule has 0 aliphatic carbocycles. The monoisotopic (exact) mass is 395 g/mol. The normalized spacial score (nSPS) is 15.8. The molecular weight excluding hydrogens is 366 g/mol. The fourth-order valence-electron chi connectivity index (χ4n) is 3.91. The summed E-state index contributed by atoms with van der Waals surface area (Å²) in [6.45, 7) is 9.78. The first-order chi connectivity index (χ1) is 14.1. The highest BCUT2D eigenvalue weighted by atomic mass is 16.7. The minimum Gasteiger partial charge on any atom is -0.454 e. The lowest BCUT2D eigenvalue weighted by Crippen LogP contribution is -2.51. The van der Waals surface area contributed by atoms with Gasteiger partial charge in [-0.15, -0.1) is 0 Å². The van der Waals surface area contributed by atoms with E-state index in [-0.39, 0.29) is 12.7 Å². The smallest absolute Gasteiger partial charge is 0.236 e. The van der Waals surface area contributed by atoms with Crippen LogP contribution in [0.3, 0.4) is 0 Å². The average molecular weight is 396 g/mol. The number of carbonyl (C=O) groups excluding carboxylic acids is 1. The van der Waals surface area contributed by atoms with Crippen LogP contribution >= 0.6 is 0 Å². The van der Waals surface area contributed by atoms with Gasteiger partial charge in [0, 0.05) is 38.4 Å². The predicted octanol–water partition coefficient (Wildman–Crippen LogP) is 2.89. The Balaban J connectivity index is 1.30. The topological polar surface area (TPSA) is 45.3 Å². The summed E-state index contributed by atoms with van der Waals surface area (Å²) in [5, 5.41) is 0. The zero-order chi connectivity index (χ0) is 20.2. The number of amides is 1.